The summed E-state index contributed by atoms with van der Waals surface area (Å²) in [5.41, 5.74) is 2.74. The van der Waals surface area contributed by atoms with Crippen LogP contribution in [0.5, 0.6) is 0 Å². The molecule has 3 heterocycles. The lowest BCUT2D eigenvalue weighted by Crippen LogP contribution is -2.30. The van der Waals surface area contributed by atoms with Gasteiger partial charge in [-0.05, 0) is 0 Å². The van der Waals surface area contributed by atoms with Crippen molar-refractivity contribution in [3.05, 3.63) is 20.8 Å². The molecular weight excluding hydrogens is 306 g/mol. The summed E-state index contributed by atoms with van der Waals surface area (Å²) >= 11 is 5.50. The van der Waals surface area contributed by atoms with E-state index in [2.05, 4.69) is 15.0 Å². The topological polar surface area (TPSA) is 159 Å². The molecule has 2 aromatic rings. The number of nitrogens with two attached hydrogens (primary N) is 1. The molecule has 0 radical (unpaired) electrons. The van der Waals surface area contributed by atoms with Crippen LogP contribution < -0.4 is 17.0 Å². The minimum atomic E-state index is -1.42. The fraction of sp³-hybridized carbons (Fsp3) is 0.500. The van der Waals surface area contributed by atoms with Gasteiger partial charge in [-0.15, -0.1) is 0 Å². The van der Waals surface area contributed by atoms with E-state index in [1.807, 2.05) is 0 Å². The van der Waals surface area contributed by atoms with E-state index in [1.54, 1.807) is 0 Å². The Morgan fingerprint density at radius 2 is 2.19 bits per heavy atom. The first-order valence-corrected chi connectivity index (χ1v) is 6.48. The minimum absolute atomic E-state index is 0.00293. The zero-order chi connectivity index (χ0) is 15.3. The number of fused-ring (bicyclic) bond motifs is 1. The summed E-state index contributed by atoms with van der Waals surface area (Å²) in [5.74, 6) is -0.160. The first-order valence-electron chi connectivity index (χ1n) is 6.04. The molecule has 0 aliphatic carbocycles. The van der Waals surface area contributed by atoms with E-state index in [4.69, 9.17) is 22.1 Å². The summed E-state index contributed by atoms with van der Waals surface area (Å²) in [4.78, 5) is 32.2. The molecule has 1 unspecified atom stereocenters. The summed E-state index contributed by atoms with van der Waals surface area (Å²) < 4.78 is 6.43. The fourth-order valence-corrected chi connectivity index (χ4v) is 2.61. The van der Waals surface area contributed by atoms with E-state index in [0.29, 0.717) is 0 Å². The molecule has 3 rings (SSSR count). The highest BCUT2D eigenvalue weighted by molar-refractivity contribution is 6.19. The zero-order valence-corrected chi connectivity index (χ0v) is 11.2. The number of halogens is 1. The van der Waals surface area contributed by atoms with Gasteiger partial charge in [0.2, 0.25) is 5.95 Å². The average Bonchev–Trinajstić information content (AvgIpc) is 2.89. The van der Waals surface area contributed by atoms with Crippen LogP contribution in [0.4, 0.5) is 5.95 Å². The maximum Gasteiger partial charge on any atom is 0.329 e. The Morgan fingerprint density at radius 1 is 1.48 bits per heavy atom. The molecule has 10 nitrogen and oxygen atoms in total. The van der Waals surface area contributed by atoms with Crippen molar-refractivity contribution in [2.75, 3.05) is 5.73 Å². The van der Waals surface area contributed by atoms with E-state index in [0.717, 1.165) is 4.57 Å². The van der Waals surface area contributed by atoms with E-state index in [-0.39, 0.29) is 23.5 Å². The normalized spacial score (nSPS) is 27.3. The monoisotopic (exact) mass is 317 g/mol. The third-order valence-electron chi connectivity index (χ3n) is 3.29. The number of nitrogens with one attached hydrogen (secondary N) is 2. The maximum absolute atomic E-state index is 12.0. The molecule has 1 aliphatic rings. The van der Waals surface area contributed by atoms with Crippen molar-refractivity contribution in [3.63, 3.8) is 0 Å². The summed E-state index contributed by atoms with van der Waals surface area (Å²) in [7, 11) is 0. The summed E-state index contributed by atoms with van der Waals surface area (Å²) in [6.45, 7) is 0. The third-order valence-corrected chi connectivity index (χ3v) is 3.54. The number of aliphatic hydroxyl groups excluding tert-OH is 2. The molecule has 0 amide bonds. The van der Waals surface area contributed by atoms with Crippen LogP contribution in [0.3, 0.4) is 0 Å². The van der Waals surface area contributed by atoms with Crippen LogP contribution in [0.2, 0.25) is 0 Å². The van der Waals surface area contributed by atoms with Gasteiger partial charge in [-0.25, -0.2) is 9.36 Å². The molecule has 4 atom stereocenters. The zero-order valence-electron chi connectivity index (χ0n) is 10.5. The predicted molar refractivity (Wildman–Crippen MR) is 71.8 cm³/mol. The first kappa shape index (κ1) is 14.1. The first-order chi connectivity index (χ1) is 9.88. The van der Waals surface area contributed by atoms with Crippen molar-refractivity contribution in [1.29, 1.82) is 0 Å². The quantitative estimate of drug-likeness (QED) is 0.408. The lowest BCUT2D eigenvalue weighted by molar-refractivity contribution is -0.0570. The lowest BCUT2D eigenvalue weighted by Gasteiger charge is -2.16. The molecule has 2 aromatic heterocycles. The molecule has 0 aromatic carbocycles. The number of alkyl halides is 1. The molecule has 1 aliphatic heterocycles. The SMILES string of the molecule is Nc1nc2c([nH]c(=O)n2[C@H]2C[C@H](O)[C@@H](C(O)Cl)O2)c(=O)[nH]1. The molecular formula is C10H12ClN5O5. The molecule has 11 heteroatoms. The molecule has 21 heavy (non-hydrogen) atoms. The maximum atomic E-state index is 12.0. The Morgan fingerprint density at radius 3 is 2.81 bits per heavy atom. The van der Waals surface area contributed by atoms with Crippen LogP contribution >= 0.6 is 11.6 Å². The Labute approximate surface area is 121 Å². The Hall–Kier alpha value is -1.88. The molecule has 6 N–H and O–H groups in total. The second kappa shape index (κ2) is 4.84. The standard InChI is InChI=1S/C10H12ClN5O5/c11-6(18)5-2(17)1-3(21-5)16-7-4(13-10(16)20)8(19)15-9(12)14-7/h2-3,5-6,17-18H,1H2,(H,13,20)(H3,12,14,15,19)/t2-,3+,5-,6?/m0/s1. The number of nitrogen functional groups attached to an aromatic ring is 1. The van der Waals surface area contributed by atoms with Gasteiger partial charge in [0.05, 0.1) is 6.10 Å². The molecule has 0 spiro atoms. The van der Waals surface area contributed by atoms with Crippen molar-refractivity contribution in [2.24, 2.45) is 0 Å². The second-order valence-corrected chi connectivity index (χ2v) is 5.13. The average molecular weight is 318 g/mol. The van der Waals surface area contributed by atoms with Crippen LogP contribution in [0.25, 0.3) is 11.2 Å². The van der Waals surface area contributed by atoms with Crippen molar-refractivity contribution in [3.8, 4) is 0 Å². The molecule has 0 saturated carbocycles. The number of imidazole rings is 1. The van der Waals surface area contributed by atoms with Gasteiger partial charge < -0.3 is 20.7 Å². The summed E-state index contributed by atoms with van der Waals surface area (Å²) in [6.07, 6.45) is -3.02. The number of hydrogen-bond donors (Lipinski definition) is 5. The van der Waals surface area contributed by atoms with Crippen molar-refractivity contribution in [2.45, 2.75) is 30.4 Å². The Bertz CT molecular complexity index is 795. The van der Waals surface area contributed by atoms with Gasteiger partial charge >= 0.3 is 5.69 Å². The fourth-order valence-electron chi connectivity index (χ4n) is 2.38. The highest BCUT2D eigenvalue weighted by atomic mass is 35.5. The second-order valence-electron chi connectivity index (χ2n) is 4.68. The van der Waals surface area contributed by atoms with Gasteiger partial charge in [-0.1, -0.05) is 11.6 Å². The van der Waals surface area contributed by atoms with Crippen molar-refractivity contribution < 1.29 is 14.9 Å². The minimum Gasteiger partial charge on any atom is -0.390 e. The Balaban J connectivity index is 2.12. The van der Waals surface area contributed by atoms with Crippen LogP contribution in [0.1, 0.15) is 12.6 Å². The third kappa shape index (κ3) is 2.21. The van der Waals surface area contributed by atoms with Gasteiger partial charge in [-0.2, -0.15) is 4.98 Å². The van der Waals surface area contributed by atoms with Gasteiger partial charge in [-0.3, -0.25) is 14.8 Å². The van der Waals surface area contributed by atoms with Gasteiger partial charge in [0.1, 0.15) is 12.3 Å². The molecule has 1 fully saturated rings. The van der Waals surface area contributed by atoms with E-state index in [9.17, 15) is 19.8 Å². The van der Waals surface area contributed by atoms with Gasteiger partial charge in [0.25, 0.3) is 5.56 Å². The number of H-pyrrole nitrogens is 2. The largest absolute Gasteiger partial charge is 0.390 e. The molecule has 1 saturated heterocycles. The van der Waals surface area contributed by atoms with E-state index >= 15 is 0 Å². The highest BCUT2D eigenvalue weighted by Gasteiger charge is 2.40. The number of aromatic amines is 2. The predicted octanol–water partition coefficient (Wildman–Crippen LogP) is -1.80. The lowest BCUT2D eigenvalue weighted by atomic mass is 10.2. The van der Waals surface area contributed by atoms with Crippen LogP contribution in [0.15, 0.2) is 9.59 Å². The number of anilines is 1. The number of nitrogens with zero attached hydrogens (tertiary/aromatic N) is 2. The number of aliphatic hydroxyl groups is 2. The van der Waals surface area contributed by atoms with E-state index < -0.39 is 35.2 Å². The van der Waals surface area contributed by atoms with Crippen molar-refractivity contribution >= 4 is 28.7 Å². The van der Waals surface area contributed by atoms with Crippen molar-refractivity contribution in [1.82, 2.24) is 19.5 Å². The van der Waals surface area contributed by atoms with Crippen LogP contribution in [-0.2, 0) is 4.74 Å². The number of rotatable bonds is 2. The Kier molecular flexibility index (Phi) is 3.24. The highest BCUT2D eigenvalue weighted by Crippen LogP contribution is 2.31. The number of ether oxygens (including phenoxy) is 1. The summed E-state index contributed by atoms with van der Waals surface area (Å²) in [6, 6.07) is 0. The van der Waals surface area contributed by atoms with E-state index in [1.165, 1.54) is 0 Å². The number of hydrogen-bond acceptors (Lipinski definition) is 7. The van der Waals surface area contributed by atoms with Gasteiger partial charge in [0.15, 0.2) is 16.7 Å². The van der Waals surface area contributed by atoms with Gasteiger partial charge in [0, 0.05) is 6.42 Å². The van der Waals surface area contributed by atoms with Crippen LogP contribution in [-0.4, -0.2) is 47.5 Å². The molecule has 114 valence electrons. The smallest absolute Gasteiger partial charge is 0.329 e. The number of aromatic nitrogens is 4. The summed E-state index contributed by atoms with van der Waals surface area (Å²) in [5, 5.41) is 19.1. The van der Waals surface area contributed by atoms with Crippen LogP contribution in [0, 0.1) is 0 Å². The molecule has 0 bridgehead atoms.